The van der Waals surface area contributed by atoms with Crippen LogP contribution >= 0.6 is 0 Å². The molecule has 8 rings (SSSR count). The van der Waals surface area contributed by atoms with Gasteiger partial charge in [-0.1, -0.05) is 30.3 Å². The lowest BCUT2D eigenvalue weighted by Gasteiger charge is -2.39. The second-order valence-electron chi connectivity index (χ2n) is 14.9. The van der Waals surface area contributed by atoms with E-state index in [-0.39, 0.29) is 29.8 Å². The van der Waals surface area contributed by atoms with Crippen molar-refractivity contribution in [2.24, 2.45) is 12.5 Å². The van der Waals surface area contributed by atoms with Crippen LogP contribution in [-0.2, 0) is 16.6 Å². The van der Waals surface area contributed by atoms with Crippen LogP contribution in [0.1, 0.15) is 56.2 Å². The molecule has 0 saturated carbocycles. The van der Waals surface area contributed by atoms with E-state index in [2.05, 4.69) is 55.2 Å². The number of hydrogen-bond donors (Lipinski definition) is 2. The predicted molar refractivity (Wildman–Crippen MR) is 200 cm³/mol. The van der Waals surface area contributed by atoms with Gasteiger partial charge in [0.05, 0.1) is 22.6 Å². The minimum Gasteiger partial charge on any atom is -0.475 e. The maximum absolute atomic E-state index is 14.3. The standard InChI is InChI=1S/C40H47N9O3/c1-26(2)51-35-12-9-30(22-43-35)36(42)32-21-31(10-11-33(32)41)49-17-4-15-40(39(49)50)16-20-47(24-40)23-34-38(52-34)48-18-13-28(14-19-48)27-5-7-29(8-6-27)37-44-25-46(3)45-37/h5-13,21-22,25-26,34,38,42H,4,14-20,23-24,41H2,1-3H3/p+1. The number of epoxide rings is 1. The molecule has 6 heterocycles. The van der Waals surface area contributed by atoms with Gasteiger partial charge in [-0.3, -0.25) is 24.7 Å². The van der Waals surface area contributed by atoms with Gasteiger partial charge in [-0.2, -0.15) is 5.10 Å². The molecule has 0 radical (unpaired) electrons. The normalized spacial score (nSPS) is 23.7. The minimum atomic E-state index is -0.388. The molecule has 12 nitrogen and oxygen atoms in total. The minimum absolute atomic E-state index is 0.0302. The van der Waals surface area contributed by atoms with Crippen molar-refractivity contribution in [2.75, 3.05) is 49.9 Å². The van der Waals surface area contributed by atoms with Crippen LogP contribution in [0.15, 0.2) is 73.2 Å². The number of nitrogen functional groups attached to an aromatic ring is 1. The van der Waals surface area contributed by atoms with Crippen LogP contribution in [0, 0.1) is 5.41 Å². The van der Waals surface area contributed by atoms with Crippen LogP contribution in [0.2, 0.25) is 0 Å². The second kappa shape index (κ2) is 13.9. The topological polar surface area (TPSA) is 144 Å². The number of ether oxygens (including phenoxy) is 2. The van der Waals surface area contributed by atoms with E-state index in [1.807, 2.05) is 56.1 Å². The molecule has 2 aromatic heterocycles. The molecule has 12 heteroatoms. The first-order valence-corrected chi connectivity index (χ1v) is 18.4. The zero-order valence-electron chi connectivity index (χ0n) is 30.2. The lowest BCUT2D eigenvalue weighted by molar-refractivity contribution is -0.129. The lowest BCUT2D eigenvalue weighted by atomic mass is 9.78. The predicted octanol–water partition coefficient (Wildman–Crippen LogP) is 3.18. The summed E-state index contributed by atoms with van der Waals surface area (Å²) < 4.78 is 13.6. The molecule has 1 amide bonds. The zero-order valence-corrected chi connectivity index (χ0v) is 30.2. The first-order valence-electron chi connectivity index (χ1n) is 18.4. The van der Waals surface area contributed by atoms with Crippen molar-refractivity contribution in [2.45, 2.75) is 58.0 Å². The molecule has 4 N–H and O–H groups in total. The van der Waals surface area contributed by atoms with E-state index in [0.29, 0.717) is 29.4 Å². The third-order valence-corrected chi connectivity index (χ3v) is 10.9. The Morgan fingerprint density at radius 1 is 1.06 bits per heavy atom. The first kappa shape index (κ1) is 34.2. The quantitative estimate of drug-likeness (QED) is 0.145. The van der Waals surface area contributed by atoms with E-state index >= 15 is 0 Å². The number of pyridine rings is 1. The number of likely N-dealkylation sites (tertiary alicyclic amines) is 1. The highest BCUT2D eigenvalue weighted by molar-refractivity contribution is 6.13. The largest absolute Gasteiger partial charge is 0.475 e. The van der Waals surface area contributed by atoms with E-state index in [0.717, 1.165) is 81.0 Å². The van der Waals surface area contributed by atoms with Gasteiger partial charge >= 0.3 is 0 Å². The van der Waals surface area contributed by atoms with Gasteiger partial charge < -0.3 is 20.1 Å². The SMILES string of the molecule is CC(C)Oc1ccc(C(=[NH2+])c2cc(N3CCCC4(CCN(CC5OC5N5CC=C(c6ccc(-c7ncn(C)n7)cc6)CC5)C4)C3=O)ccc2N)cn1. The van der Waals surface area contributed by atoms with Crippen LogP contribution in [0.5, 0.6) is 5.88 Å². The third-order valence-electron chi connectivity index (χ3n) is 10.9. The van der Waals surface area contributed by atoms with E-state index in [1.165, 1.54) is 11.1 Å². The lowest BCUT2D eigenvalue weighted by Crippen LogP contribution is -2.50. The smallest absolute Gasteiger partial charge is 0.234 e. The Morgan fingerprint density at radius 2 is 1.88 bits per heavy atom. The molecule has 3 unspecified atom stereocenters. The van der Waals surface area contributed by atoms with E-state index in [1.54, 1.807) is 17.2 Å². The third kappa shape index (κ3) is 6.85. The van der Waals surface area contributed by atoms with Gasteiger partial charge in [-0.25, -0.2) is 9.97 Å². The van der Waals surface area contributed by atoms with Gasteiger partial charge in [0.2, 0.25) is 17.5 Å². The summed E-state index contributed by atoms with van der Waals surface area (Å²) in [5.74, 6) is 1.48. The molecular formula is C40H48N9O3+. The van der Waals surface area contributed by atoms with Crippen LogP contribution in [-0.4, -0.2) is 98.9 Å². The van der Waals surface area contributed by atoms with E-state index in [4.69, 9.17) is 20.6 Å². The highest BCUT2D eigenvalue weighted by Gasteiger charge is 2.51. The maximum atomic E-state index is 14.3. The number of aromatic nitrogens is 4. The molecule has 3 atom stereocenters. The Kier molecular flexibility index (Phi) is 9.14. The van der Waals surface area contributed by atoms with Crippen molar-refractivity contribution in [3.63, 3.8) is 0 Å². The number of benzene rings is 2. The fraction of sp³-hybridized carbons (Fsp3) is 0.425. The van der Waals surface area contributed by atoms with Crippen molar-refractivity contribution in [1.82, 2.24) is 29.5 Å². The van der Waals surface area contributed by atoms with Crippen molar-refractivity contribution in [3.05, 3.63) is 89.9 Å². The molecule has 0 aliphatic carbocycles. The maximum Gasteiger partial charge on any atom is 0.234 e. The number of carbonyl (C=O) groups is 1. The van der Waals surface area contributed by atoms with E-state index < -0.39 is 0 Å². The zero-order chi connectivity index (χ0) is 36.0. The summed E-state index contributed by atoms with van der Waals surface area (Å²) in [7, 11) is 1.88. The molecule has 52 heavy (non-hydrogen) atoms. The summed E-state index contributed by atoms with van der Waals surface area (Å²) in [6, 6.07) is 18.0. The summed E-state index contributed by atoms with van der Waals surface area (Å²) in [4.78, 5) is 29.8. The first-order chi connectivity index (χ1) is 25.2. The Hall–Kier alpha value is -4.91. The van der Waals surface area contributed by atoms with Crippen molar-refractivity contribution in [1.29, 1.82) is 0 Å². The summed E-state index contributed by atoms with van der Waals surface area (Å²) in [5, 5.41) is 11.0. The number of aryl methyl sites for hydroxylation is 1. The van der Waals surface area contributed by atoms with Crippen molar-refractivity contribution >= 4 is 28.6 Å². The van der Waals surface area contributed by atoms with Gasteiger partial charge in [0.1, 0.15) is 18.7 Å². The number of piperidine rings is 1. The Balaban J connectivity index is 0.864. The molecule has 3 saturated heterocycles. The number of amides is 1. The van der Waals surface area contributed by atoms with Gasteiger partial charge in [0, 0.05) is 69.0 Å². The average Bonchev–Trinajstić information content (AvgIpc) is 3.58. The molecule has 270 valence electrons. The molecular weight excluding hydrogens is 654 g/mol. The summed E-state index contributed by atoms with van der Waals surface area (Å²) >= 11 is 0. The Morgan fingerprint density at radius 3 is 2.60 bits per heavy atom. The highest BCUT2D eigenvalue weighted by Crippen LogP contribution is 2.43. The Labute approximate surface area is 304 Å². The number of anilines is 2. The number of carbonyl (C=O) groups excluding carboxylic acids is 1. The fourth-order valence-corrected chi connectivity index (χ4v) is 8.09. The van der Waals surface area contributed by atoms with Crippen LogP contribution in [0.25, 0.3) is 17.0 Å². The number of rotatable bonds is 10. The fourth-order valence-electron chi connectivity index (χ4n) is 8.09. The van der Waals surface area contributed by atoms with Gasteiger partial charge in [-0.15, -0.1) is 0 Å². The molecule has 4 aromatic rings. The number of nitrogens with zero attached hydrogens (tertiary/aromatic N) is 7. The summed E-state index contributed by atoms with van der Waals surface area (Å²) in [6.07, 6.45) is 9.78. The Bertz CT molecular complexity index is 1990. The van der Waals surface area contributed by atoms with Gasteiger partial charge in [0.25, 0.3) is 0 Å². The van der Waals surface area contributed by atoms with E-state index in [9.17, 15) is 4.79 Å². The van der Waals surface area contributed by atoms with Crippen molar-refractivity contribution in [3.8, 4) is 17.3 Å². The molecule has 1 spiro atoms. The molecule has 0 bridgehead atoms. The van der Waals surface area contributed by atoms with Crippen molar-refractivity contribution < 1.29 is 19.7 Å². The number of hydrogen-bond acceptors (Lipinski definition) is 9. The van der Waals surface area contributed by atoms with Crippen LogP contribution < -0.4 is 20.8 Å². The van der Waals surface area contributed by atoms with Gasteiger partial charge in [-0.05, 0) is 81.5 Å². The number of nitrogens with two attached hydrogens (primary N) is 2. The monoisotopic (exact) mass is 702 g/mol. The summed E-state index contributed by atoms with van der Waals surface area (Å²) in [6.45, 7) is 8.95. The van der Waals surface area contributed by atoms with Crippen LogP contribution in [0.4, 0.5) is 11.4 Å². The van der Waals surface area contributed by atoms with Crippen LogP contribution in [0.3, 0.4) is 0 Å². The molecule has 3 fully saturated rings. The average molecular weight is 703 g/mol. The van der Waals surface area contributed by atoms with Gasteiger partial charge in [0.15, 0.2) is 5.82 Å². The highest BCUT2D eigenvalue weighted by atomic mass is 16.6. The molecule has 4 aliphatic heterocycles. The molecule has 2 aromatic carbocycles. The summed E-state index contributed by atoms with van der Waals surface area (Å²) in [5.41, 5.74) is 13.0. The molecule has 4 aliphatic rings. The second-order valence-corrected chi connectivity index (χ2v) is 14.9.